The van der Waals surface area contributed by atoms with Gasteiger partial charge in [-0.25, -0.2) is 4.98 Å². The minimum absolute atomic E-state index is 0.212. The van der Waals surface area contributed by atoms with Crippen molar-refractivity contribution in [3.63, 3.8) is 0 Å². The molecule has 0 bridgehead atoms. The number of nitrogens with one attached hydrogen (secondary N) is 2. The summed E-state index contributed by atoms with van der Waals surface area (Å²) in [7, 11) is 1.62. The maximum Gasteiger partial charge on any atom is 0.265 e. The van der Waals surface area contributed by atoms with E-state index in [0.717, 1.165) is 0 Å². The molecule has 0 aliphatic heterocycles. The van der Waals surface area contributed by atoms with Gasteiger partial charge in [-0.2, -0.15) is 0 Å². The van der Waals surface area contributed by atoms with Gasteiger partial charge in [-0.3, -0.25) is 4.79 Å². The lowest BCUT2D eigenvalue weighted by atomic mass is 10.2. The van der Waals surface area contributed by atoms with Crippen LogP contribution in [-0.4, -0.2) is 31.2 Å². The summed E-state index contributed by atoms with van der Waals surface area (Å²) in [6, 6.07) is 3.34. The second-order valence-corrected chi connectivity index (χ2v) is 5.36. The Bertz CT molecular complexity index is 582. The van der Waals surface area contributed by atoms with E-state index >= 15 is 0 Å². The first-order valence-corrected chi connectivity index (χ1v) is 7.27. The second-order valence-electron chi connectivity index (χ2n) is 4.36. The summed E-state index contributed by atoms with van der Waals surface area (Å²) in [5, 5.41) is 6.47. The highest BCUT2D eigenvalue weighted by Crippen LogP contribution is 2.25. The van der Waals surface area contributed by atoms with Crippen LogP contribution in [0.2, 0.25) is 0 Å². The number of carbonyl (C=O) groups is 1. The van der Waals surface area contributed by atoms with Crippen LogP contribution >= 0.6 is 11.3 Å². The number of nitrogen functional groups attached to an aromatic ring is 1. The Kier molecular flexibility index (Phi) is 5.18. The average Bonchev–Trinajstić information content (AvgIpc) is 3.08. The molecule has 0 aliphatic rings. The van der Waals surface area contributed by atoms with Gasteiger partial charge in [0.15, 0.2) is 5.13 Å². The van der Waals surface area contributed by atoms with Gasteiger partial charge in [0, 0.05) is 13.7 Å². The van der Waals surface area contributed by atoms with Crippen LogP contribution in [0.25, 0.3) is 0 Å². The van der Waals surface area contributed by atoms with Crippen molar-refractivity contribution >= 4 is 28.2 Å². The van der Waals surface area contributed by atoms with E-state index in [1.165, 1.54) is 11.3 Å². The molecule has 2 aromatic heterocycles. The molecule has 0 radical (unpaired) electrons. The molecule has 1 amide bonds. The fraction of sp³-hybridized carbons (Fsp3) is 0.385. The number of nitrogens with zero attached hydrogens (tertiary/aromatic N) is 1. The quantitative estimate of drug-likeness (QED) is 0.675. The number of hydrogen-bond donors (Lipinski definition) is 3. The molecule has 1 atom stereocenters. The first kappa shape index (κ1) is 15.3. The monoisotopic (exact) mass is 310 g/mol. The van der Waals surface area contributed by atoms with Gasteiger partial charge in [-0.15, -0.1) is 0 Å². The molecular weight excluding hydrogens is 292 g/mol. The van der Waals surface area contributed by atoms with Crippen LogP contribution in [0.15, 0.2) is 22.8 Å². The summed E-state index contributed by atoms with van der Waals surface area (Å²) in [5.41, 5.74) is 5.78. The Morgan fingerprint density at radius 3 is 3.10 bits per heavy atom. The molecule has 2 rings (SSSR count). The lowest BCUT2D eigenvalue weighted by Crippen LogP contribution is -2.26. The SMILES string of the molecule is COCCNc1nc(N)c(C(=O)NC(C)c2ccco2)s1. The third-order valence-corrected chi connectivity index (χ3v) is 3.79. The van der Waals surface area contributed by atoms with Crippen molar-refractivity contribution in [2.24, 2.45) is 0 Å². The molecule has 7 nitrogen and oxygen atoms in total. The number of hydrogen-bond acceptors (Lipinski definition) is 7. The van der Waals surface area contributed by atoms with Gasteiger partial charge in [0.2, 0.25) is 0 Å². The number of aromatic nitrogens is 1. The predicted octanol–water partition coefficient (Wildman–Crippen LogP) is 1.87. The maximum atomic E-state index is 12.2. The van der Waals surface area contributed by atoms with Crippen LogP contribution < -0.4 is 16.4 Å². The molecule has 2 heterocycles. The zero-order chi connectivity index (χ0) is 15.2. The maximum absolute atomic E-state index is 12.2. The van der Waals surface area contributed by atoms with Gasteiger partial charge < -0.3 is 25.5 Å². The summed E-state index contributed by atoms with van der Waals surface area (Å²) < 4.78 is 10.2. The van der Waals surface area contributed by atoms with E-state index in [1.807, 2.05) is 6.92 Å². The van der Waals surface area contributed by atoms with Gasteiger partial charge in [-0.1, -0.05) is 11.3 Å². The topological polar surface area (TPSA) is 102 Å². The van der Waals surface area contributed by atoms with E-state index in [9.17, 15) is 4.79 Å². The van der Waals surface area contributed by atoms with Gasteiger partial charge in [-0.05, 0) is 19.1 Å². The van der Waals surface area contributed by atoms with Gasteiger partial charge in [0.05, 0.1) is 18.9 Å². The highest BCUT2D eigenvalue weighted by Gasteiger charge is 2.19. The summed E-state index contributed by atoms with van der Waals surface area (Å²) in [6.45, 7) is 3.00. The zero-order valence-corrected chi connectivity index (χ0v) is 12.7. The number of ether oxygens (including phenoxy) is 1. The van der Waals surface area contributed by atoms with Gasteiger partial charge >= 0.3 is 0 Å². The van der Waals surface area contributed by atoms with E-state index in [1.54, 1.807) is 25.5 Å². The van der Waals surface area contributed by atoms with Crippen LogP contribution in [-0.2, 0) is 4.74 Å². The van der Waals surface area contributed by atoms with Crippen molar-refractivity contribution in [1.82, 2.24) is 10.3 Å². The molecule has 2 aromatic rings. The normalized spacial score (nSPS) is 12.1. The van der Waals surface area contributed by atoms with E-state index in [0.29, 0.717) is 28.9 Å². The lowest BCUT2D eigenvalue weighted by molar-refractivity contribution is 0.0940. The fourth-order valence-electron chi connectivity index (χ4n) is 1.70. The highest BCUT2D eigenvalue weighted by atomic mass is 32.1. The standard InChI is InChI=1S/C13H18N4O3S/c1-8(9-4-3-6-20-9)16-12(18)10-11(14)17-13(21-10)15-5-7-19-2/h3-4,6,8H,5,7,14H2,1-2H3,(H,15,17)(H,16,18). The van der Waals surface area contributed by atoms with Crippen LogP contribution in [0.1, 0.15) is 28.4 Å². The van der Waals surface area contributed by atoms with Crippen molar-refractivity contribution in [2.75, 3.05) is 31.3 Å². The second kappa shape index (κ2) is 7.09. The number of methoxy groups -OCH3 is 1. The summed E-state index contributed by atoms with van der Waals surface area (Å²) in [4.78, 5) is 16.7. The Morgan fingerprint density at radius 2 is 2.43 bits per heavy atom. The smallest absolute Gasteiger partial charge is 0.265 e. The number of anilines is 2. The molecule has 114 valence electrons. The molecule has 4 N–H and O–H groups in total. The molecule has 1 unspecified atom stereocenters. The number of amides is 1. The van der Waals surface area contributed by atoms with Crippen molar-refractivity contribution < 1.29 is 13.9 Å². The Labute approximate surface area is 126 Å². The summed E-state index contributed by atoms with van der Waals surface area (Å²) in [5.74, 6) is 0.627. The van der Waals surface area contributed by atoms with Crippen LogP contribution in [0.5, 0.6) is 0 Å². The van der Waals surface area contributed by atoms with Crippen molar-refractivity contribution in [2.45, 2.75) is 13.0 Å². The van der Waals surface area contributed by atoms with E-state index in [2.05, 4.69) is 15.6 Å². The highest BCUT2D eigenvalue weighted by molar-refractivity contribution is 7.18. The number of nitrogens with two attached hydrogens (primary N) is 1. The molecule has 21 heavy (non-hydrogen) atoms. The number of furan rings is 1. The molecule has 0 spiro atoms. The first-order chi connectivity index (χ1) is 10.1. The van der Waals surface area contributed by atoms with Gasteiger partial charge in [0.1, 0.15) is 16.5 Å². The largest absolute Gasteiger partial charge is 0.467 e. The third kappa shape index (κ3) is 3.96. The van der Waals surface area contributed by atoms with Gasteiger partial charge in [0.25, 0.3) is 5.91 Å². The first-order valence-electron chi connectivity index (χ1n) is 6.45. The lowest BCUT2D eigenvalue weighted by Gasteiger charge is -2.10. The molecule has 8 heteroatoms. The number of carbonyl (C=O) groups excluding carboxylic acids is 1. The van der Waals surface area contributed by atoms with Crippen LogP contribution in [0, 0.1) is 0 Å². The number of rotatable bonds is 7. The predicted molar refractivity (Wildman–Crippen MR) is 81.5 cm³/mol. The summed E-state index contributed by atoms with van der Waals surface area (Å²) >= 11 is 1.21. The minimum Gasteiger partial charge on any atom is -0.467 e. The van der Waals surface area contributed by atoms with Crippen molar-refractivity contribution in [3.05, 3.63) is 29.0 Å². The molecule has 0 aliphatic carbocycles. The number of thiazole rings is 1. The van der Waals surface area contributed by atoms with E-state index < -0.39 is 0 Å². The molecule has 0 saturated heterocycles. The molecule has 0 aromatic carbocycles. The van der Waals surface area contributed by atoms with Crippen LogP contribution in [0.4, 0.5) is 10.9 Å². The average molecular weight is 310 g/mol. The van der Waals surface area contributed by atoms with E-state index in [4.69, 9.17) is 14.9 Å². The third-order valence-electron chi connectivity index (χ3n) is 2.76. The minimum atomic E-state index is -0.270. The Morgan fingerprint density at radius 1 is 1.62 bits per heavy atom. The Balaban J connectivity index is 1.98. The Hall–Kier alpha value is -2.06. The van der Waals surface area contributed by atoms with Crippen molar-refractivity contribution in [3.8, 4) is 0 Å². The van der Waals surface area contributed by atoms with Crippen molar-refractivity contribution in [1.29, 1.82) is 0 Å². The zero-order valence-electron chi connectivity index (χ0n) is 11.9. The van der Waals surface area contributed by atoms with Crippen LogP contribution in [0.3, 0.4) is 0 Å². The molecule has 0 fully saturated rings. The fourth-order valence-corrected chi connectivity index (χ4v) is 2.51. The molecule has 0 saturated carbocycles. The van der Waals surface area contributed by atoms with E-state index in [-0.39, 0.29) is 17.8 Å². The summed E-state index contributed by atoms with van der Waals surface area (Å²) in [6.07, 6.45) is 1.57. The molecular formula is C13H18N4O3S.